The van der Waals surface area contributed by atoms with Crippen LogP contribution in [0.1, 0.15) is 24.2 Å². The van der Waals surface area contributed by atoms with E-state index in [1.54, 1.807) is 24.4 Å². The fourth-order valence-corrected chi connectivity index (χ4v) is 3.14. The molecule has 0 spiro atoms. The van der Waals surface area contributed by atoms with Crippen LogP contribution in [0.4, 0.5) is 5.69 Å². The second-order valence-corrected chi connectivity index (χ2v) is 6.95. The van der Waals surface area contributed by atoms with Gasteiger partial charge >= 0.3 is 5.97 Å². The molecule has 27 heavy (non-hydrogen) atoms. The van der Waals surface area contributed by atoms with E-state index in [-0.39, 0.29) is 11.6 Å². The number of carboxylic acid groups (broad SMARTS) is 1. The molecule has 0 aliphatic heterocycles. The number of aromatic amines is 1. The lowest BCUT2D eigenvalue weighted by Gasteiger charge is -2.26. The average molecular weight is 360 g/mol. The van der Waals surface area contributed by atoms with Gasteiger partial charge in [-0.3, -0.25) is 5.10 Å². The summed E-state index contributed by atoms with van der Waals surface area (Å²) in [5.74, 6) is -0.940. The molecular weight excluding hydrogens is 340 g/mol. The molecule has 6 heteroatoms. The van der Waals surface area contributed by atoms with Crippen LogP contribution in [-0.2, 0) is 0 Å². The fourth-order valence-electron chi connectivity index (χ4n) is 3.14. The third kappa shape index (κ3) is 2.99. The molecule has 0 aliphatic rings. The lowest BCUT2D eigenvalue weighted by Crippen LogP contribution is -2.26. The first-order chi connectivity index (χ1) is 12.9. The lowest BCUT2D eigenvalue weighted by molar-refractivity contribution is 0.0697. The number of benzene rings is 2. The van der Waals surface area contributed by atoms with Crippen molar-refractivity contribution in [1.29, 1.82) is 0 Å². The van der Waals surface area contributed by atoms with Gasteiger partial charge < -0.3 is 10.0 Å². The summed E-state index contributed by atoms with van der Waals surface area (Å²) in [5, 5.41) is 18.2. The second-order valence-electron chi connectivity index (χ2n) is 6.95. The predicted octanol–water partition coefficient (Wildman–Crippen LogP) is 4.32. The molecule has 4 aromatic rings. The van der Waals surface area contributed by atoms with Gasteiger partial charge in [-0.1, -0.05) is 12.1 Å². The van der Waals surface area contributed by atoms with E-state index in [9.17, 15) is 9.90 Å². The van der Waals surface area contributed by atoms with Crippen molar-refractivity contribution in [2.24, 2.45) is 0 Å². The number of H-pyrrole nitrogens is 1. The van der Waals surface area contributed by atoms with Crippen LogP contribution in [0.5, 0.6) is 0 Å². The van der Waals surface area contributed by atoms with Gasteiger partial charge in [0.15, 0.2) is 0 Å². The maximum absolute atomic E-state index is 11.3. The third-order valence-corrected chi connectivity index (χ3v) is 4.91. The summed E-state index contributed by atoms with van der Waals surface area (Å²) < 4.78 is 0. The minimum absolute atomic E-state index is 0.258. The van der Waals surface area contributed by atoms with E-state index in [1.807, 2.05) is 31.3 Å². The molecule has 4 rings (SSSR count). The Bertz CT molecular complexity index is 1160. The number of aromatic nitrogens is 3. The van der Waals surface area contributed by atoms with Gasteiger partial charge in [0.05, 0.1) is 34.2 Å². The van der Waals surface area contributed by atoms with E-state index < -0.39 is 5.97 Å². The van der Waals surface area contributed by atoms with Crippen molar-refractivity contribution in [1.82, 2.24) is 15.2 Å². The maximum Gasteiger partial charge on any atom is 0.335 e. The summed E-state index contributed by atoms with van der Waals surface area (Å²) in [6.45, 7) is 4.22. The van der Waals surface area contributed by atoms with Crippen molar-refractivity contribution in [2.75, 3.05) is 11.9 Å². The molecule has 2 heterocycles. The summed E-state index contributed by atoms with van der Waals surface area (Å²) in [6, 6.07) is 13.4. The highest BCUT2D eigenvalue weighted by molar-refractivity contribution is 5.96. The number of anilines is 1. The van der Waals surface area contributed by atoms with Crippen LogP contribution < -0.4 is 4.90 Å². The zero-order valence-corrected chi connectivity index (χ0v) is 15.4. The van der Waals surface area contributed by atoms with Crippen LogP contribution in [0.3, 0.4) is 0 Å². The van der Waals surface area contributed by atoms with Crippen LogP contribution >= 0.6 is 0 Å². The molecule has 0 unspecified atom stereocenters. The molecule has 2 N–H and O–H groups in total. The molecule has 136 valence electrons. The maximum atomic E-state index is 11.3. The number of pyridine rings is 1. The Morgan fingerprint density at radius 1 is 1.11 bits per heavy atom. The van der Waals surface area contributed by atoms with E-state index in [0.717, 1.165) is 38.8 Å². The molecule has 0 atom stereocenters. The van der Waals surface area contributed by atoms with Crippen LogP contribution in [0.2, 0.25) is 0 Å². The number of carboxylic acids is 1. The fraction of sp³-hybridized carbons (Fsp3) is 0.190. The standard InChI is InChI=1S/C21H20N4O2/c1-12(2)25(3)19-10-16-8-14(21(26)27)6-7-17(16)23-20(19)13-4-5-15-11-22-24-18(15)9-13/h4-12H,1-3H3,(H,22,24)(H,26,27). The topological polar surface area (TPSA) is 82.1 Å². The van der Waals surface area contributed by atoms with Crippen molar-refractivity contribution < 1.29 is 9.90 Å². The molecular formula is C21H20N4O2. The quantitative estimate of drug-likeness (QED) is 0.566. The molecule has 0 radical (unpaired) electrons. The van der Waals surface area contributed by atoms with Crippen molar-refractivity contribution in [2.45, 2.75) is 19.9 Å². The highest BCUT2D eigenvalue weighted by atomic mass is 16.4. The summed E-state index contributed by atoms with van der Waals surface area (Å²) in [6.07, 6.45) is 1.79. The van der Waals surface area contributed by atoms with E-state index in [4.69, 9.17) is 4.98 Å². The van der Waals surface area contributed by atoms with Crippen molar-refractivity contribution >= 4 is 33.5 Å². The number of carbonyl (C=O) groups is 1. The smallest absolute Gasteiger partial charge is 0.335 e. The van der Waals surface area contributed by atoms with E-state index in [0.29, 0.717) is 0 Å². The number of rotatable bonds is 4. The summed E-state index contributed by atoms with van der Waals surface area (Å²) in [7, 11) is 2.02. The molecule has 2 aromatic carbocycles. The molecule has 0 saturated carbocycles. The zero-order chi connectivity index (χ0) is 19.1. The van der Waals surface area contributed by atoms with Gasteiger partial charge in [0, 0.05) is 29.4 Å². The monoisotopic (exact) mass is 360 g/mol. The van der Waals surface area contributed by atoms with E-state index in [1.165, 1.54) is 0 Å². The van der Waals surface area contributed by atoms with Gasteiger partial charge in [0.2, 0.25) is 0 Å². The number of hydrogen-bond acceptors (Lipinski definition) is 4. The number of nitrogens with zero attached hydrogens (tertiary/aromatic N) is 3. The van der Waals surface area contributed by atoms with Crippen LogP contribution in [0, 0.1) is 0 Å². The number of fused-ring (bicyclic) bond motifs is 2. The van der Waals surface area contributed by atoms with Crippen LogP contribution in [0.15, 0.2) is 48.7 Å². The first-order valence-corrected chi connectivity index (χ1v) is 8.78. The molecule has 6 nitrogen and oxygen atoms in total. The van der Waals surface area contributed by atoms with Gasteiger partial charge in [0.25, 0.3) is 0 Å². The summed E-state index contributed by atoms with van der Waals surface area (Å²) >= 11 is 0. The van der Waals surface area contributed by atoms with Gasteiger partial charge in [-0.2, -0.15) is 5.10 Å². The minimum atomic E-state index is -0.940. The normalized spacial score (nSPS) is 11.4. The second kappa shape index (κ2) is 6.39. The van der Waals surface area contributed by atoms with Gasteiger partial charge in [-0.25, -0.2) is 9.78 Å². The molecule has 0 bridgehead atoms. The van der Waals surface area contributed by atoms with Crippen LogP contribution in [0.25, 0.3) is 33.1 Å². The predicted molar refractivity (Wildman–Crippen MR) is 107 cm³/mol. The number of hydrogen-bond donors (Lipinski definition) is 2. The van der Waals surface area contributed by atoms with Crippen LogP contribution in [-0.4, -0.2) is 39.3 Å². The largest absolute Gasteiger partial charge is 0.478 e. The third-order valence-electron chi connectivity index (χ3n) is 4.91. The molecule has 0 amide bonds. The Morgan fingerprint density at radius 3 is 2.67 bits per heavy atom. The zero-order valence-electron chi connectivity index (χ0n) is 15.4. The molecule has 2 aromatic heterocycles. The summed E-state index contributed by atoms with van der Waals surface area (Å²) in [4.78, 5) is 18.3. The van der Waals surface area contributed by atoms with E-state index in [2.05, 4.69) is 28.9 Å². The molecule has 0 saturated heterocycles. The number of nitrogens with one attached hydrogen (secondary N) is 1. The Morgan fingerprint density at radius 2 is 1.93 bits per heavy atom. The Hall–Kier alpha value is -3.41. The summed E-state index contributed by atoms with van der Waals surface area (Å²) in [5.41, 5.74) is 4.78. The lowest BCUT2D eigenvalue weighted by atomic mass is 10.0. The highest BCUT2D eigenvalue weighted by Crippen LogP contribution is 2.34. The van der Waals surface area contributed by atoms with Crippen molar-refractivity contribution in [3.05, 3.63) is 54.2 Å². The first-order valence-electron chi connectivity index (χ1n) is 8.78. The Labute approximate surface area is 156 Å². The van der Waals surface area contributed by atoms with E-state index >= 15 is 0 Å². The first kappa shape index (κ1) is 17.0. The SMILES string of the molecule is CC(C)N(C)c1cc2cc(C(=O)O)ccc2nc1-c1ccc2cn[nH]c2c1. The molecule has 0 aliphatic carbocycles. The Balaban J connectivity index is 1.97. The van der Waals surface area contributed by atoms with Gasteiger partial charge in [-0.15, -0.1) is 0 Å². The number of aromatic carboxylic acids is 1. The van der Waals surface area contributed by atoms with Crippen molar-refractivity contribution in [3.8, 4) is 11.3 Å². The van der Waals surface area contributed by atoms with Gasteiger partial charge in [0.1, 0.15) is 0 Å². The highest BCUT2D eigenvalue weighted by Gasteiger charge is 2.16. The minimum Gasteiger partial charge on any atom is -0.478 e. The van der Waals surface area contributed by atoms with Crippen molar-refractivity contribution in [3.63, 3.8) is 0 Å². The average Bonchev–Trinajstić information content (AvgIpc) is 3.13. The molecule has 0 fully saturated rings. The van der Waals surface area contributed by atoms with Gasteiger partial charge in [-0.05, 0) is 44.2 Å². The Kier molecular flexibility index (Phi) is 4.03.